The summed E-state index contributed by atoms with van der Waals surface area (Å²) in [5, 5.41) is 0. The van der Waals surface area contributed by atoms with Crippen molar-refractivity contribution in [3.8, 4) is 11.5 Å². The SMILES string of the molecule is COc1cc2c(cc1OC)[N+]1(C)CCC3OCCC4C[N+]5(C)CCC26C5CC4C3C61.[I-]. The van der Waals surface area contributed by atoms with Crippen LogP contribution in [0.2, 0.25) is 0 Å². The average Bonchev–Trinajstić information content (AvgIpc) is 3.10. The Morgan fingerprint density at radius 2 is 1.84 bits per heavy atom. The number of likely N-dealkylation sites (N-methyl/N-ethyl adjacent to an activating group) is 2. The van der Waals surface area contributed by atoms with Gasteiger partial charge in [0.2, 0.25) is 0 Å². The van der Waals surface area contributed by atoms with Crippen LogP contribution < -0.4 is 37.9 Å². The average molecular weight is 539 g/mol. The smallest absolute Gasteiger partial charge is 0.166 e. The van der Waals surface area contributed by atoms with Crippen molar-refractivity contribution in [2.75, 3.05) is 54.6 Å². The number of fused-ring (bicyclic) bond motifs is 2. The first-order chi connectivity index (χ1) is 14.5. The second kappa shape index (κ2) is 6.51. The van der Waals surface area contributed by atoms with Gasteiger partial charge in [-0.1, -0.05) is 0 Å². The number of benzene rings is 1. The summed E-state index contributed by atoms with van der Waals surface area (Å²) in [6, 6.07) is 6.11. The second-order valence-electron chi connectivity index (χ2n) is 11.6. The molecule has 4 saturated heterocycles. The van der Waals surface area contributed by atoms with Crippen LogP contribution in [0.25, 0.3) is 0 Å². The summed E-state index contributed by atoms with van der Waals surface area (Å²) >= 11 is 0. The van der Waals surface area contributed by atoms with E-state index in [9.17, 15) is 0 Å². The molecular weight excluding hydrogens is 503 g/mol. The van der Waals surface area contributed by atoms with E-state index in [4.69, 9.17) is 14.2 Å². The second-order valence-corrected chi connectivity index (χ2v) is 11.6. The van der Waals surface area contributed by atoms with Crippen LogP contribution >= 0.6 is 0 Å². The Bertz CT molecular complexity index is 942. The molecule has 1 spiro atoms. The number of hydrogen-bond donors (Lipinski definition) is 0. The van der Waals surface area contributed by atoms with Crippen molar-refractivity contribution >= 4 is 5.69 Å². The minimum absolute atomic E-state index is 0. The van der Waals surface area contributed by atoms with Gasteiger partial charge in [0.1, 0.15) is 23.2 Å². The number of hydrogen-bond acceptors (Lipinski definition) is 3. The number of halogens is 1. The molecule has 7 rings (SSSR count). The zero-order chi connectivity index (χ0) is 20.5. The Balaban J connectivity index is 0.00000185. The summed E-state index contributed by atoms with van der Waals surface area (Å²) in [5.74, 6) is 4.19. The molecule has 5 nitrogen and oxygen atoms in total. The number of piperidine rings is 2. The van der Waals surface area contributed by atoms with E-state index in [1.54, 1.807) is 19.8 Å². The number of rotatable bonds is 2. The number of methoxy groups -OCH3 is 2. The van der Waals surface area contributed by atoms with Gasteiger partial charge in [-0.15, -0.1) is 0 Å². The van der Waals surface area contributed by atoms with Crippen LogP contribution in [0.3, 0.4) is 0 Å². The minimum Gasteiger partial charge on any atom is -1.00 e. The highest BCUT2D eigenvalue weighted by atomic mass is 127. The summed E-state index contributed by atoms with van der Waals surface area (Å²) in [7, 11) is 8.67. The highest BCUT2D eigenvalue weighted by molar-refractivity contribution is 5.69. The molecule has 1 aliphatic carbocycles. The molecule has 6 aliphatic rings. The highest BCUT2D eigenvalue weighted by Crippen LogP contribution is 2.69. The van der Waals surface area contributed by atoms with Gasteiger partial charge < -0.3 is 42.7 Å². The van der Waals surface area contributed by atoms with E-state index in [0.29, 0.717) is 18.1 Å². The fraction of sp³-hybridized carbons (Fsp3) is 0.760. The Morgan fingerprint density at radius 3 is 2.61 bits per heavy atom. The van der Waals surface area contributed by atoms with Gasteiger partial charge in [-0.05, 0) is 18.4 Å². The first kappa shape index (κ1) is 21.0. The lowest BCUT2D eigenvalue weighted by atomic mass is 9.52. The standard InChI is InChI=1S/C25H36N2O3.HI/c1-26-9-7-25-17-12-20(28-3)21(29-4)13-18(17)27(2)8-5-19-23(24(25)27)16(11-22(25)26)15(14-26)6-10-30-19;/h12-13,15-16,19,22-24H,5-11,14H2,1-4H3;1H/q+2;/p-1. The topological polar surface area (TPSA) is 27.7 Å². The Labute approximate surface area is 203 Å². The molecule has 0 amide bonds. The number of quaternary nitrogens is 2. The molecule has 170 valence electrons. The first-order valence-electron chi connectivity index (χ1n) is 12.0. The zero-order valence-corrected chi connectivity index (χ0v) is 21.4. The molecule has 1 saturated carbocycles. The largest absolute Gasteiger partial charge is 1.00 e. The molecule has 9 atom stereocenters. The maximum absolute atomic E-state index is 6.62. The van der Waals surface area contributed by atoms with Crippen LogP contribution in [0.1, 0.15) is 31.2 Å². The molecule has 6 heteroatoms. The minimum atomic E-state index is 0. The zero-order valence-electron chi connectivity index (χ0n) is 19.3. The monoisotopic (exact) mass is 539 g/mol. The third-order valence-corrected chi connectivity index (χ3v) is 10.8. The molecule has 9 unspecified atom stereocenters. The van der Waals surface area contributed by atoms with Gasteiger partial charge in [-0.25, -0.2) is 0 Å². The summed E-state index contributed by atoms with van der Waals surface area (Å²) in [5.41, 5.74) is 3.36. The van der Waals surface area contributed by atoms with Crippen LogP contribution in [0.4, 0.5) is 5.69 Å². The molecule has 5 aliphatic heterocycles. The number of ether oxygens (including phenoxy) is 3. The van der Waals surface area contributed by atoms with Crippen molar-refractivity contribution in [3.63, 3.8) is 0 Å². The third kappa shape index (κ3) is 2.24. The third-order valence-electron chi connectivity index (χ3n) is 10.8. The van der Waals surface area contributed by atoms with E-state index in [0.717, 1.165) is 40.5 Å². The van der Waals surface area contributed by atoms with Gasteiger partial charge >= 0.3 is 0 Å². The molecule has 0 N–H and O–H groups in total. The number of nitrogens with zero attached hydrogens (tertiary/aromatic N) is 2. The summed E-state index contributed by atoms with van der Waals surface area (Å²) < 4.78 is 20.6. The van der Waals surface area contributed by atoms with Gasteiger partial charge in [0, 0.05) is 49.3 Å². The van der Waals surface area contributed by atoms with Gasteiger partial charge in [-0.2, -0.15) is 0 Å². The summed E-state index contributed by atoms with van der Waals surface area (Å²) in [6.45, 7) is 4.86. The molecule has 5 heterocycles. The van der Waals surface area contributed by atoms with Crippen molar-refractivity contribution < 1.29 is 42.7 Å². The van der Waals surface area contributed by atoms with E-state index >= 15 is 0 Å². The predicted molar refractivity (Wildman–Crippen MR) is 116 cm³/mol. The normalized spacial score (nSPS) is 50.2. The van der Waals surface area contributed by atoms with E-state index < -0.39 is 0 Å². The van der Waals surface area contributed by atoms with E-state index in [1.807, 2.05) is 0 Å². The maximum Gasteiger partial charge on any atom is 0.166 e. The molecule has 1 aromatic rings. The molecule has 2 bridgehead atoms. The summed E-state index contributed by atoms with van der Waals surface area (Å²) in [6.07, 6.45) is 5.65. The Hall–Kier alpha value is -0.570. The maximum atomic E-state index is 6.62. The van der Waals surface area contributed by atoms with Crippen molar-refractivity contribution in [2.45, 2.75) is 49.3 Å². The fourth-order valence-electron chi connectivity index (χ4n) is 9.89. The molecule has 5 fully saturated rings. The van der Waals surface area contributed by atoms with Crippen LogP contribution in [-0.2, 0) is 10.2 Å². The van der Waals surface area contributed by atoms with Crippen LogP contribution in [-0.4, -0.2) is 77.2 Å². The lowest BCUT2D eigenvalue weighted by Gasteiger charge is -2.61. The van der Waals surface area contributed by atoms with E-state index in [2.05, 4.69) is 26.2 Å². The highest BCUT2D eigenvalue weighted by Gasteiger charge is 2.79. The summed E-state index contributed by atoms with van der Waals surface area (Å²) in [4.78, 5) is 0. The quantitative estimate of drug-likeness (QED) is 0.390. The molecule has 31 heavy (non-hydrogen) atoms. The molecular formula is C25H36IN2O3+. The van der Waals surface area contributed by atoms with Gasteiger partial charge in [0.25, 0.3) is 0 Å². The van der Waals surface area contributed by atoms with Crippen molar-refractivity contribution in [2.24, 2.45) is 17.8 Å². The molecule has 0 radical (unpaired) electrons. The lowest BCUT2D eigenvalue weighted by molar-refractivity contribution is -0.935. The van der Waals surface area contributed by atoms with Crippen molar-refractivity contribution in [1.82, 2.24) is 4.48 Å². The van der Waals surface area contributed by atoms with E-state index in [1.165, 1.54) is 55.5 Å². The van der Waals surface area contributed by atoms with Crippen molar-refractivity contribution in [1.29, 1.82) is 0 Å². The molecule has 0 aromatic heterocycles. The first-order valence-corrected chi connectivity index (χ1v) is 12.0. The van der Waals surface area contributed by atoms with Gasteiger partial charge in [0.15, 0.2) is 11.5 Å². The van der Waals surface area contributed by atoms with Crippen LogP contribution in [0.15, 0.2) is 12.1 Å². The van der Waals surface area contributed by atoms with Crippen molar-refractivity contribution in [3.05, 3.63) is 17.7 Å². The van der Waals surface area contributed by atoms with Gasteiger partial charge in [0.05, 0.1) is 54.1 Å². The Morgan fingerprint density at radius 1 is 1.06 bits per heavy atom. The van der Waals surface area contributed by atoms with Crippen LogP contribution in [0.5, 0.6) is 11.5 Å². The van der Waals surface area contributed by atoms with Crippen LogP contribution in [0, 0.1) is 17.8 Å². The van der Waals surface area contributed by atoms with Gasteiger partial charge in [-0.3, -0.25) is 4.48 Å². The predicted octanol–water partition coefficient (Wildman–Crippen LogP) is -0.0577. The lowest BCUT2D eigenvalue weighted by Crippen LogP contribution is -3.00. The Kier molecular flexibility index (Phi) is 4.41. The fourth-order valence-corrected chi connectivity index (χ4v) is 9.89. The molecule has 1 aromatic carbocycles. The van der Waals surface area contributed by atoms with E-state index in [-0.39, 0.29) is 29.4 Å².